The molecule has 0 unspecified atom stereocenters. The highest BCUT2D eigenvalue weighted by Gasteiger charge is 2.36. The molecule has 2 rings (SSSR count). The first-order chi connectivity index (χ1) is 8.45. The Morgan fingerprint density at radius 3 is 2.78 bits per heavy atom. The van der Waals surface area contributed by atoms with E-state index in [-0.39, 0.29) is 21.8 Å². The van der Waals surface area contributed by atoms with E-state index in [4.69, 9.17) is 21.4 Å². The number of halogens is 2. The van der Waals surface area contributed by atoms with Gasteiger partial charge in [-0.2, -0.15) is 0 Å². The van der Waals surface area contributed by atoms with Crippen molar-refractivity contribution < 1.29 is 14.9 Å². The van der Waals surface area contributed by atoms with Crippen LogP contribution < -0.4 is 11.2 Å². The highest BCUT2D eigenvalue weighted by Crippen LogP contribution is 2.29. The van der Waals surface area contributed by atoms with E-state index in [9.17, 15) is 14.7 Å². The second-order valence-electron chi connectivity index (χ2n) is 3.85. The Bertz CT molecular complexity index is 571. The van der Waals surface area contributed by atoms with E-state index in [0.29, 0.717) is 0 Å². The fourth-order valence-corrected chi connectivity index (χ4v) is 2.71. The van der Waals surface area contributed by atoms with E-state index in [0.717, 1.165) is 4.57 Å². The van der Waals surface area contributed by atoms with E-state index in [2.05, 4.69) is 4.98 Å². The minimum atomic E-state index is -0.867. The summed E-state index contributed by atoms with van der Waals surface area (Å²) in [6.07, 6.45) is -2.23. The van der Waals surface area contributed by atoms with Gasteiger partial charge in [-0.05, 0) is 22.6 Å². The highest BCUT2D eigenvalue weighted by molar-refractivity contribution is 14.1. The van der Waals surface area contributed by atoms with Gasteiger partial charge in [0, 0.05) is 6.42 Å². The molecule has 0 radical (unpaired) electrons. The monoisotopic (exact) mass is 388 g/mol. The summed E-state index contributed by atoms with van der Waals surface area (Å²) >= 11 is 7.52. The van der Waals surface area contributed by atoms with Crippen LogP contribution in [0.1, 0.15) is 12.6 Å². The number of hydrogen-bond donors (Lipinski definition) is 3. The summed E-state index contributed by atoms with van der Waals surface area (Å²) in [4.78, 5) is 25.1. The van der Waals surface area contributed by atoms with Gasteiger partial charge in [-0.1, -0.05) is 11.6 Å². The van der Waals surface area contributed by atoms with Gasteiger partial charge in [0.15, 0.2) is 0 Å². The molecule has 1 fully saturated rings. The summed E-state index contributed by atoms with van der Waals surface area (Å²) in [7, 11) is 0. The zero-order chi connectivity index (χ0) is 13.4. The minimum absolute atomic E-state index is 0.110. The van der Waals surface area contributed by atoms with Crippen molar-refractivity contribution >= 4 is 34.2 Å². The maximum absolute atomic E-state index is 11.7. The zero-order valence-electron chi connectivity index (χ0n) is 8.97. The van der Waals surface area contributed by atoms with Gasteiger partial charge in [0.05, 0.1) is 12.7 Å². The Balaban J connectivity index is 2.45. The second-order valence-corrected chi connectivity index (χ2v) is 5.25. The van der Waals surface area contributed by atoms with Crippen molar-refractivity contribution in [1.82, 2.24) is 9.55 Å². The lowest BCUT2D eigenvalue weighted by Crippen LogP contribution is -2.35. The number of aromatic amines is 1. The number of aromatic nitrogens is 2. The highest BCUT2D eigenvalue weighted by atomic mass is 127. The van der Waals surface area contributed by atoms with Gasteiger partial charge in [0.2, 0.25) is 0 Å². The third kappa shape index (κ3) is 2.35. The minimum Gasteiger partial charge on any atom is -0.394 e. The van der Waals surface area contributed by atoms with E-state index in [1.165, 1.54) is 0 Å². The fourth-order valence-electron chi connectivity index (χ4n) is 1.80. The van der Waals surface area contributed by atoms with Crippen molar-refractivity contribution in [3.05, 3.63) is 29.6 Å². The summed E-state index contributed by atoms with van der Waals surface area (Å²) in [5.41, 5.74) is -1.33. The summed E-state index contributed by atoms with van der Waals surface area (Å²) in [6, 6.07) is 0. The van der Waals surface area contributed by atoms with Gasteiger partial charge in [0.1, 0.15) is 21.1 Å². The molecule has 0 bridgehead atoms. The van der Waals surface area contributed by atoms with Crippen LogP contribution in [0.15, 0.2) is 9.59 Å². The molecule has 0 saturated carbocycles. The number of hydrogen-bond acceptors (Lipinski definition) is 5. The van der Waals surface area contributed by atoms with Crippen molar-refractivity contribution in [3.8, 4) is 0 Å². The van der Waals surface area contributed by atoms with E-state index >= 15 is 0 Å². The largest absolute Gasteiger partial charge is 0.394 e. The summed E-state index contributed by atoms with van der Waals surface area (Å²) in [5, 5.41) is 18.5. The number of aliphatic hydroxyl groups is 2. The standard InChI is InChI=1S/C9H10ClIN2O5/c10-6-7(11)13(9(17)12-8(6)16)5-1-3(15)4(2-14)18-5/h3-5,14-15H,1-2H2,(H,12,16,17)/t3-,4+,5+/m0/s1. The normalized spacial score (nSPS) is 27.7. The molecule has 9 heteroatoms. The van der Waals surface area contributed by atoms with Gasteiger partial charge in [0.25, 0.3) is 5.56 Å². The Kier molecular flexibility index (Phi) is 4.11. The molecular weight excluding hydrogens is 378 g/mol. The number of ether oxygens (including phenoxy) is 1. The molecule has 0 spiro atoms. The Morgan fingerprint density at radius 2 is 2.22 bits per heavy atom. The first-order valence-corrected chi connectivity index (χ1v) is 6.55. The lowest BCUT2D eigenvalue weighted by atomic mass is 10.2. The van der Waals surface area contributed by atoms with Crippen LogP contribution in [0.3, 0.4) is 0 Å². The third-order valence-electron chi connectivity index (χ3n) is 2.70. The molecule has 1 aromatic heterocycles. The van der Waals surface area contributed by atoms with Crippen LogP contribution in [-0.2, 0) is 4.74 Å². The average molecular weight is 389 g/mol. The SMILES string of the molecule is O=c1[nH]c(=O)n([C@H]2C[C@H](O)[C@@H](CO)O2)c(I)c1Cl. The quantitative estimate of drug-likeness (QED) is 0.465. The van der Waals surface area contributed by atoms with Gasteiger partial charge in [-0.3, -0.25) is 14.3 Å². The van der Waals surface area contributed by atoms with E-state index in [1.807, 2.05) is 0 Å². The van der Waals surface area contributed by atoms with Crippen LogP contribution in [0.4, 0.5) is 0 Å². The predicted molar refractivity (Wildman–Crippen MR) is 70.7 cm³/mol. The van der Waals surface area contributed by atoms with E-state index in [1.54, 1.807) is 22.6 Å². The first kappa shape index (κ1) is 14.0. The second kappa shape index (κ2) is 5.29. The Morgan fingerprint density at radius 1 is 1.56 bits per heavy atom. The number of nitrogens with one attached hydrogen (secondary N) is 1. The molecule has 100 valence electrons. The summed E-state index contributed by atoms with van der Waals surface area (Å²) in [5.74, 6) is 0. The van der Waals surface area contributed by atoms with Crippen molar-refractivity contribution in [2.24, 2.45) is 0 Å². The molecule has 18 heavy (non-hydrogen) atoms. The number of nitrogens with zero attached hydrogens (tertiary/aromatic N) is 1. The molecule has 3 N–H and O–H groups in total. The number of rotatable bonds is 2. The molecule has 0 aromatic carbocycles. The van der Waals surface area contributed by atoms with Crippen LogP contribution in [-0.4, -0.2) is 38.6 Å². The molecule has 1 aromatic rings. The Hall–Kier alpha value is -0.420. The van der Waals surface area contributed by atoms with Crippen molar-refractivity contribution in [3.63, 3.8) is 0 Å². The molecule has 7 nitrogen and oxygen atoms in total. The Labute approximate surface area is 119 Å². The van der Waals surface area contributed by atoms with Gasteiger partial charge in [-0.15, -0.1) is 0 Å². The van der Waals surface area contributed by atoms with Crippen molar-refractivity contribution in [1.29, 1.82) is 0 Å². The van der Waals surface area contributed by atoms with Crippen LogP contribution in [0.5, 0.6) is 0 Å². The van der Waals surface area contributed by atoms with Gasteiger partial charge < -0.3 is 14.9 Å². The van der Waals surface area contributed by atoms with E-state index < -0.39 is 29.7 Å². The molecule has 0 amide bonds. The topological polar surface area (TPSA) is 105 Å². The molecule has 0 aliphatic carbocycles. The molecule has 1 aliphatic rings. The fraction of sp³-hybridized carbons (Fsp3) is 0.556. The van der Waals surface area contributed by atoms with Gasteiger partial charge >= 0.3 is 5.69 Å². The molecular formula is C9H10ClIN2O5. The maximum atomic E-state index is 11.7. The molecule has 1 aliphatic heterocycles. The maximum Gasteiger partial charge on any atom is 0.331 e. The van der Waals surface area contributed by atoms with Gasteiger partial charge in [-0.25, -0.2) is 4.79 Å². The first-order valence-electron chi connectivity index (χ1n) is 5.10. The third-order valence-corrected chi connectivity index (χ3v) is 4.43. The predicted octanol–water partition coefficient (Wildman–Crippen LogP) is -0.565. The van der Waals surface area contributed by atoms with Crippen LogP contribution in [0.25, 0.3) is 0 Å². The lowest BCUT2D eigenvalue weighted by Gasteiger charge is -2.16. The number of H-pyrrole nitrogens is 1. The van der Waals surface area contributed by atoms with Crippen molar-refractivity contribution in [2.75, 3.05) is 6.61 Å². The smallest absolute Gasteiger partial charge is 0.331 e. The van der Waals surface area contributed by atoms with Crippen molar-refractivity contribution in [2.45, 2.75) is 24.9 Å². The lowest BCUT2D eigenvalue weighted by molar-refractivity contribution is -0.0467. The van der Waals surface area contributed by atoms with Crippen LogP contribution in [0, 0.1) is 3.70 Å². The number of aliphatic hydroxyl groups excluding tert-OH is 2. The summed E-state index contributed by atoms with van der Waals surface area (Å²) in [6.45, 7) is -0.347. The molecule has 2 heterocycles. The zero-order valence-corrected chi connectivity index (χ0v) is 11.9. The molecule has 3 atom stereocenters. The average Bonchev–Trinajstić information content (AvgIpc) is 2.67. The molecule has 1 saturated heterocycles. The summed E-state index contributed by atoms with van der Waals surface area (Å²) < 4.78 is 6.73. The van der Waals surface area contributed by atoms with Crippen LogP contribution >= 0.6 is 34.2 Å². The van der Waals surface area contributed by atoms with Crippen LogP contribution in [0.2, 0.25) is 5.02 Å².